The van der Waals surface area contributed by atoms with Crippen molar-refractivity contribution in [2.75, 3.05) is 13.2 Å². The molecule has 3 rings (SSSR count). The lowest BCUT2D eigenvalue weighted by Gasteiger charge is -2.27. The monoisotopic (exact) mass is 336 g/mol. The van der Waals surface area contributed by atoms with Gasteiger partial charge in [-0.05, 0) is 37.1 Å². The maximum Gasteiger partial charge on any atom is 0.338 e. The summed E-state index contributed by atoms with van der Waals surface area (Å²) < 4.78 is 11.0. The molecule has 2 aromatic rings. The summed E-state index contributed by atoms with van der Waals surface area (Å²) >= 11 is 0. The van der Waals surface area contributed by atoms with E-state index in [1.54, 1.807) is 48.5 Å². The van der Waals surface area contributed by atoms with Crippen LogP contribution >= 0.6 is 0 Å². The summed E-state index contributed by atoms with van der Waals surface area (Å²) in [5.74, 6) is -0.720. The SMILES string of the molecule is O=C(OCC1(COC(=O)c2ccccc2)CC=CC1)c1ccccc1. The third-order valence-corrected chi connectivity index (χ3v) is 4.31. The maximum atomic E-state index is 12.2. The first kappa shape index (κ1) is 17.0. The van der Waals surface area contributed by atoms with Crippen LogP contribution in [0.25, 0.3) is 0 Å². The number of rotatable bonds is 6. The van der Waals surface area contributed by atoms with Gasteiger partial charge in [-0.3, -0.25) is 0 Å². The topological polar surface area (TPSA) is 52.6 Å². The molecule has 4 heteroatoms. The first-order valence-electron chi connectivity index (χ1n) is 8.28. The van der Waals surface area contributed by atoms with E-state index in [1.807, 2.05) is 24.3 Å². The number of esters is 2. The summed E-state index contributed by atoms with van der Waals surface area (Å²) in [5.41, 5.74) is 0.657. The van der Waals surface area contributed by atoms with E-state index in [9.17, 15) is 9.59 Å². The molecule has 0 heterocycles. The van der Waals surface area contributed by atoms with Crippen molar-refractivity contribution in [3.63, 3.8) is 0 Å². The van der Waals surface area contributed by atoms with Gasteiger partial charge in [-0.25, -0.2) is 9.59 Å². The quantitative estimate of drug-likeness (QED) is 0.590. The van der Waals surface area contributed by atoms with Crippen molar-refractivity contribution in [2.45, 2.75) is 12.8 Å². The molecule has 0 aromatic heterocycles. The number of hydrogen-bond acceptors (Lipinski definition) is 4. The Labute approximate surface area is 147 Å². The predicted octanol–water partition coefficient (Wildman–Crippen LogP) is 4.04. The highest BCUT2D eigenvalue weighted by Crippen LogP contribution is 2.34. The van der Waals surface area contributed by atoms with Crippen molar-refractivity contribution >= 4 is 11.9 Å². The van der Waals surface area contributed by atoms with Crippen LogP contribution in [0.5, 0.6) is 0 Å². The number of allylic oxidation sites excluding steroid dienone is 2. The normalized spacial score (nSPS) is 14.9. The van der Waals surface area contributed by atoms with E-state index < -0.39 is 0 Å². The Morgan fingerprint density at radius 2 is 1.12 bits per heavy atom. The molecule has 0 radical (unpaired) electrons. The second-order valence-corrected chi connectivity index (χ2v) is 6.26. The number of benzene rings is 2. The first-order chi connectivity index (χ1) is 12.2. The average Bonchev–Trinajstić information content (AvgIpc) is 3.15. The second kappa shape index (κ2) is 7.79. The van der Waals surface area contributed by atoms with Crippen molar-refractivity contribution in [1.29, 1.82) is 0 Å². The zero-order chi connectivity index (χ0) is 17.5. The fourth-order valence-corrected chi connectivity index (χ4v) is 2.78. The van der Waals surface area contributed by atoms with E-state index in [1.165, 1.54) is 0 Å². The van der Waals surface area contributed by atoms with Gasteiger partial charge in [0.2, 0.25) is 0 Å². The van der Waals surface area contributed by atoms with Gasteiger partial charge in [0.25, 0.3) is 0 Å². The molecular formula is C21H20O4. The van der Waals surface area contributed by atoms with Crippen LogP contribution in [0, 0.1) is 5.41 Å². The third kappa shape index (κ3) is 4.35. The molecule has 0 aliphatic heterocycles. The van der Waals surface area contributed by atoms with Gasteiger partial charge in [0.1, 0.15) is 13.2 Å². The van der Waals surface area contributed by atoms with Crippen LogP contribution < -0.4 is 0 Å². The Kier molecular flexibility index (Phi) is 5.29. The van der Waals surface area contributed by atoms with Crippen LogP contribution in [0.4, 0.5) is 0 Å². The van der Waals surface area contributed by atoms with E-state index in [0.29, 0.717) is 11.1 Å². The molecule has 25 heavy (non-hydrogen) atoms. The lowest BCUT2D eigenvalue weighted by molar-refractivity contribution is -0.00138. The molecule has 128 valence electrons. The average molecular weight is 336 g/mol. The molecule has 0 amide bonds. The number of hydrogen-bond donors (Lipinski definition) is 0. The van der Waals surface area contributed by atoms with E-state index in [0.717, 1.165) is 12.8 Å². The van der Waals surface area contributed by atoms with E-state index in [2.05, 4.69) is 0 Å². The van der Waals surface area contributed by atoms with Crippen LogP contribution in [0.3, 0.4) is 0 Å². The zero-order valence-corrected chi connectivity index (χ0v) is 13.9. The molecule has 0 saturated carbocycles. The first-order valence-corrected chi connectivity index (χ1v) is 8.28. The molecule has 0 N–H and O–H groups in total. The fraction of sp³-hybridized carbons (Fsp3) is 0.238. The number of carbonyl (C=O) groups is 2. The van der Waals surface area contributed by atoms with Gasteiger partial charge in [-0.15, -0.1) is 0 Å². The van der Waals surface area contributed by atoms with Crippen molar-refractivity contribution < 1.29 is 19.1 Å². The van der Waals surface area contributed by atoms with Crippen molar-refractivity contribution in [1.82, 2.24) is 0 Å². The second-order valence-electron chi connectivity index (χ2n) is 6.26. The van der Waals surface area contributed by atoms with E-state index >= 15 is 0 Å². The lowest BCUT2D eigenvalue weighted by atomic mass is 9.87. The molecular weight excluding hydrogens is 316 g/mol. The van der Waals surface area contributed by atoms with Gasteiger partial charge >= 0.3 is 11.9 Å². The van der Waals surface area contributed by atoms with Crippen LogP contribution in [0.1, 0.15) is 33.6 Å². The predicted molar refractivity (Wildman–Crippen MR) is 94.3 cm³/mol. The summed E-state index contributed by atoms with van der Waals surface area (Å²) in [5, 5.41) is 0. The van der Waals surface area contributed by atoms with Crippen LogP contribution in [0.2, 0.25) is 0 Å². The maximum absolute atomic E-state index is 12.2. The minimum absolute atomic E-state index is 0.218. The Morgan fingerprint density at radius 3 is 1.52 bits per heavy atom. The molecule has 0 bridgehead atoms. The van der Waals surface area contributed by atoms with Crippen LogP contribution in [-0.2, 0) is 9.47 Å². The summed E-state index contributed by atoms with van der Waals surface area (Å²) in [6, 6.07) is 17.8. The Balaban J connectivity index is 1.58. The van der Waals surface area contributed by atoms with Gasteiger partial charge in [-0.1, -0.05) is 48.6 Å². The van der Waals surface area contributed by atoms with Gasteiger partial charge in [0, 0.05) is 5.41 Å². The summed E-state index contributed by atoms with van der Waals surface area (Å²) in [6.45, 7) is 0.436. The molecule has 2 aromatic carbocycles. The van der Waals surface area contributed by atoms with Crippen LogP contribution in [0.15, 0.2) is 72.8 Å². The smallest absolute Gasteiger partial charge is 0.338 e. The van der Waals surface area contributed by atoms with Crippen LogP contribution in [-0.4, -0.2) is 25.2 Å². The highest BCUT2D eigenvalue weighted by atomic mass is 16.5. The minimum atomic E-state index is -0.380. The number of ether oxygens (including phenoxy) is 2. The molecule has 0 atom stereocenters. The summed E-state index contributed by atoms with van der Waals surface area (Å²) in [6.07, 6.45) is 5.51. The minimum Gasteiger partial charge on any atom is -0.461 e. The molecule has 0 fully saturated rings. The lowest BCUT2D eigenvalue weighted by Crippen LogP contribution is -2.32. The van der Waals surface area contributed by atoms with Gasteiger partial charge in [0.15, 0.2) is 0 Å². The van der Waals surface area contributed by atoms with Crippen molar-refractivity contribution in [2.24, 2.45) is 5.41 Å². The highest BCUT2D eigenvalue weighted by Gasteiger charge is 2.34. The fourth-order valence-electron chi connectivity index (χ4n) is 2.78. The Bertz CT molecular complexity index is 684. The molecule has 0 unspecified atom stereocenters. The molecule has 1 aliphatic carbocycles. The third-order valence-electron chi connectivity index (χ3n) is 4.31. The van der Waals surface area contributed by atoms with Gasteiger partial charge in [0.05, 0.1) is 11.1 Å². The van der Waals surface area contributed by atoms with Crippen molar-refractivity contribution in [3.8, 4) is 0 Å². The van der Waals surface area contributed by atoms with Gasteiger partial charge in [-0.2, -0.15) is 0 Å². The van der Waals surface area contributed by atoms with E-state index in [4.69, 9.17) is 9.47 Å². The molecule has 0 spiro atoms. The molecule has 4 nitrogen and oxygen atoms in total. The standard InChI is InChI=1S/C21H20O4/c22-19(17-9-3-1-4-10-17)24-15-21(13-7-8-14-21)16-25-20(23)18-11-5-2-6-12-18/h1-12H,13-16H2. The largest absolute Gasteiger partial charge is 0.461 e. The highest BCUT2D eigenvalue weighted by molar-refractivity contribution is 5.89. The summed E-state index contributed by atoms with van der Waals surface area (Å²) in [7, 11) is 0. The van der Waals surface area contributed by atoms with E-state index in [-0.39, 0.29) is 30.6 Å². The Hall–Kier alpha value is -2.88. The van der Waals surface area contributed by atoms with Crippen molar-refractivity contribution in [3.05, 3.63) is 83.9 Å². The zero-order valence-electron chi connectivity index (χ0n) is 13.9. The van der Waals surface area contributed by atoms with Gasteiger partial charge < -0.3 is 9.47 Å². The summed E-state index contributed by atoms with van der Waals surface area (Å²) in [4.78, 5) is 24.3. The molecule has 1 aliphatic rings. The number of carbonyl (C=O) groups excluding carboxylic acids is 2. The Morgan fingerprint density at radius 1 is 0.720 bits per heavy atom. The molecule has 0 saturated heterocycles.